The van der Waals surface area contributed by atoms with Crippen molar-refractivity contribution in [1.29, 1.82) is 0 Å². The molecule has 0 aliphatic carbocycles. The lowest BCUT2D eigenvalue weighted by Gasteiger charge is -2.13. The van der Waals surface area contributed by atoms with Crippen molar-refractivity contribution in [3.8, 4) is 11.6 Å². The Bertz CT molecular complexity index is 641. The van der Waals surface area contributed by atoms with Crippen molar-refractivity contribution in [2.45, 2.75) is 26.2 Å². The number of anilines is 1. The predicted molar refractivity (Wildman–Crippen MR) is 86.7 cm³/mol. The van der Waals surface area contributed by atoms with Crippen LogP contribution in [0.15, 0.2) is 18.2 Å². The zero-order chi connectivity index (χ0) is 15.6. The van der Waals surface area contributed by atoms with Crippen LogP contribution in [0.4, 0.5) is 5.69 Å². The first-order valence-corrected chi connectivity index (χ1v) is 7.51. The summed E-state index contributed by atoms with van der Waals surface area (Å²) in [6, 6.07) is 4.86. The molecule has 0 spiro atoms. The lowest BCUT2D eigenvalue weighted by molar-refractivity contribution is 0.453. The summed E-state index contributed by atoms with van der Waals surface area (Å²) in [7, 11) is 0. The highest BCUT2D eigenvalue weighted by atomic mass is 35.5. The second-order valence-corrected chi connectivity index (χ2v) is 5.83. The van der Waals surface area contributed by atoms with Gasteiger partial charge >= 0.3 is 0 Å². The van der Waals surface area contributed by atoms with Gasteiger partial charge in [-0.25, -0.2) is 0 Å². The summed E-state index contributed by atoms with van der Waals surface area (Å²) in [5, 5.41) is 8.78. The maximum absolute atomic E-state index is 6.08. The van der Waals surface area contributed by atoms with Gasteiger partial charge in [0.15, 0.2) is 10.9 Å². The van der Waals surface area contributed by atoms with Gasteiger partial charge in [-0.3, -0.25) is 0 Å². The summed E-state index contributed by atoms with van der Waals surface area (Å²) in [6.07, 6.45) is 0.925. The minimum Gasteiger partial charge on any atom is -0.434 e. The van der Waals surface area contributed by atoms with E-state index in [1.165, 1.54) is 0 Å². The van der Waals surface area contributed by atoms with E-state index in [0.717, 1.165) is 12.0 Å². The summed E-state index contributed by atoms with van der Waals surface area (Å²) in [6.45, 7) is 4.12. The van der Waals surface area contributed by atoms with Gasteiger partial charge in [-0.2, -0.15) is 0 Å². The standard InChI is InChI=1S/C14H14Cl3N3O/c1-3-7(2)9-6-12(19-20-14(9)17)21-13-10(15)4-8(18)5-11(13)16/h4-7H,3,18H2,1-2H3. The van der Waals surface area contributed by atoms with Gasteiger partial charge in [0.1, 0.15) is 0 Å². The molecule has 1 unspecified atom stereocenters. The second kappa shape index (κ2) is 6.69. The molecule has 21 heavy (non-hydrogen) atoms. The molecule has 1 aromatic heterocycles. The van der Waals surface area contributed by atoms with Gasteiger partial charge in [-0.05, 0) is 30.0 Å². The number of halogens is 3. The third-order valence-corrected chi connectivity index (χ3v) is 3.98. The average Bonchev–Trinajstić information content (AvgIpc) is 2.43. The van der Waals surface area contributed by atoms with Crippen LogP contribution in [0.3, 0.4) is 0 Å². The molecule has 0 saturated heterocycles. The van der Waals surface area contributed by atoms with Crippen molar-refractivity contribution in [3.05, 3.63) is 39.0 Å². The number of nitrogens with zero attached hydrogens (tertiary/aromatic N) is 2. The Morgan fingerprint density at radius 1 is 1.14 bits per heavy atom. The molecular formula is C14H14Cl3N3O. The Morgan fingerprint density at radius 2 is 1.76 bits per heavy atom. The summed E-state index contributed by atoms with van der Waals surface area (Å²) < 4.78 is 5.63. The molecule has 0 amide bonds. The maximum Gasteiger partial charge on any atom is 0.239 e. The van der Waals surface area contributed by atoms with E-state index >= 15 is 0 Å². The molecule has 7 heteroatoms. The van der Waals surface area contributed by atoms with Gasteiger partial charge in [0.25, 0.3) is 0 Å². The van der Waals surface area contributed by atoms with Crippen LogP contribution in [-0.2, 0) is 0 Å². The van der Waals surface area contributed by atoms with Gasteiger partial charge in [0.05, 0.1) is 10.0 Å². The van der Waals surface area contributed by atoms with Crippen LogP contribution < -0.4 is 10.5 Å². The molecule has 2 aromatic rings. The van der Waals surface area contributed by atoms with Crippen LogP contribution in [0.25, 0.3) is 0 Å². The van der Waals surface area contributed by atoms with Crippen LogP contribution >= 0.6 is 34.8 Å². The zero-order valence-electron chi connectivity index (χ0n) is 11.5. The fourth-order valence-electron chi connectivity index (χ4n) is 1.77. The number of nitrogen functional groups attached to an aromatic ring is 1. The summed E-state index contributed by atoms with van der Waals surface area (Å²) in [4.78, 5) is 0. The predicted octanol–water partition coefficient (Wildman–Crippen LogP) is 5.32. The molecule has 1 aromatic carbocycles. The monoisotopic (exact) mass is 345 g/mol. The summed E-state index contributed by atoms with van der Waals surface area (Å²) in [5.41, 5.74) is 6.98. The van der Waals surface area contributed by atoms with Gasteiger partial charge in [-0.1, -0.05) is 48.7 Å². The van der Waals surface area contributed by atoms with E-state index in [1.807, 2.05) is 0 Å². The van der Waals surface area contributed by atoms with Crippen LogP contribution in [0.5, 0.6) is 11.6 Å². The molecule has 2 rings (SSSR count). The topological polar surface area (TPSA) is 61.0 Å². The fraction of sp³-hybridized carbons (Fsp3) is 0.286. The molecule has 112 valence electrons. The summed E-state index contributed by atoms with van der Waals surface area (Å²) in [5.74, 6) is 0.815. The van der Waals surface area contributed by atoms with Crippen molar-refractivity contribution in [2.75, 3.05) is 5.73 Å². The number of hydrogen-bond donors (Lipinski definition) is 1. The molecule has 0 aliphatic heterocycles. The highest BCUT2D eigenvalue weighted by Crippen LogP contribution is 2.38. The van der Waals surface area contributed by atoms with Crippen molar-refractivity contribution in [3.63, 3.8) is 0 Å². The number of benzene rings is 1. The Hall–Kier alpha value is -1.23. The number of aromatic nitrogens is 2. The van der Waals surface area contributed by atoms with Gasteiger partial charge in [0, 0.05) is 11.8 Å². The quantitative estimate of drug-likeness (QED) is 0.761. The van der Waals surface area contributed by atoms with E-state index in [-0.39, 0.29) is 11.8 Å². The Morgan fingerprint density at radius 3 is 2.33 bits per heavy atom. The highest BCUT2D eigenvalue weighted by molar-refractivity contribution is 6.37. The van der Waals surface area contributed by atoms with Crippen LogP contribution in [0.1, 0.15) is 31.7 Å². The number of hydrogen-bond acceptors (Lipinski definition) is 4. The lowest BCUT2D eigenvalue weighted by atomic mass is 10.0. The number of ether oxygens (including phenoxy) is 1. The smallest absolute Gasteiger partial charge is 0.239 e. The van der Waals surface area contributed by atoms with E-state index in [4.69, 9.17) is 45.3 Å². The van der Waals surface area contributed by atoms with Crippen molar-refractivity contribution in [2.24, 2.45) is 0 Å². The van der Waals surface area contributed by atoms with Crippen LogP contribution in [0, 0.1) is 0 Å². The van der Waals surface area contributed by atoms with E-state index in [1.54, 1.807) is 18.2 Å². The lowest BCUT2D eigenvalue weighted by Crippen LogP contribution is -1.99. The van der Waals surface area contributed by atoms with E-state index in [2.05, 4.69) is 24.0 Å². The molecule has 1 heterocycles. The molecular weight excluding hydrogens is 333 g/mol. The maximum atomic E-state index is 6.08. The second-order valence-electron chi connectivity index (χ2n) is 4.65. The minimum absolute atomic E-state index is 0.243. The molecule has 4 nitrogen and oxygen atoms in total. The molecule has 1 atom stereocenters. The third-order valence-electron chi connectivity index (χ3n) is 3.12. The van der Waals surface area contributed by atoms with Crippen molar-refractivity contribution >= 4 is 40.5 Å². The molecule has 0 bridgehead atoms. The van der Waals surface area contributed by atoms with E-state index in [9.17, 15) is 0 Å². The number of rotatable bonds is 4. The van der Waals surface area contributed by atoms with Gasteiger partial charge < -0.3 is 10.5 Å². The van der Waals surface area contributed by atoms with Crippen molar-refractivity contribution < 1.29 is 4.74 Å². The minimum atomic E-state index is 0.243. The molecule has 0 aliphatic rings. The molecule has 2 N–H and O–H groups in total. The molecule has 0 radical (unpaired) electrons. The molecule has 0 fully saturated rings. The average molecular weight is 347 g/mol. The van der Waals surface area contributed by atoms with E-state index in [0.29, 0.717) is 26.6 Å². The largest absolute Gasteiger partial charge is 0.434 e. The van der Waals surface area contributed by atoms with Gasteiger partial charge in [-0.15, -0.1) is 10.2 Å². The first-order valence-electron chi connectivity index (χ1n) is 6.37. The highest BCUT2D eigenvalue weighted by Gasteiger charge is 2.15. The summed E-state index contributed by atoms with van der Waals surface area (Å²) >= 11 is 18.2. The Labute approximate surface area is 138 Å². The Balaban J connectivity index is 2.37. The van der Waals surface area contributed by atoms with Crippen molar-refractivity contribution in [1.82, 2.24) is 10.2 Å². The SMILES string of the molecule is CCC(C)c1cc(Oc2c(Cl)cc(N)cc2Cl)nnc1Cl. The first-order chi connectivity index (χ1) is 9.92. The number of nitrogens with two attached hydrogens (primary N) is 1. The van der Waals surface area contributed by atoms with E-state index < -0.39 is 0 Å². The van der Waals surface area contributed by atoms with Gasteiger partial charge in [0.2, 0.25) is 5.88 Å². The fourth-order valence-corrected chi connectivity index (χ4v) is 2.63. The van der Waals surface area contributed by atoms with Crippen LogP contribution in [0.2, 0.25) is 15.2 Å². The Kier molecular flexibility index (Phi) is 5.14. The van der Waals surface area contributed by atoms with Crippen LogP contribution in [-0.4, -0.2) is 10.2 Å². The third kappa shape index (κ3) is 3.70. The normalized spacial score (nSPS) is 12.2. The zero-order valence-corrected chi connectivity index (χ0v) is 13.8. The first kappa shape index (κ1) is 16.1. The molecule has 0 saturated carbocycles.